The fourth-order valence-corrected chi connectivity index (χ4v) is 2.51. The smallest absolute Gasteiger partial charge is 0.311 e. The molecule has 20 heavy (non-hydrogen) atoms. The van der Waals surface area contributed by atoms with Gasteiger partial charge in [0.1, 0.15) is 5.92 Å². The van der Waals surface area contributed by atoms with Gasteiger partial charge in [-0.1, -0.05) is 17.7 Å². The van der Waals surface area contributed by atoms with E-state index in [1.807, 2.05) is 0 Å². The van der Waals surface area contributed by atoms with Gasteiger partial charge in [0.25, 0.3) is 5.91 Å². The van der Waals surface area contributed by atoms with Gasteiger partial charge in [-0.05, 0) is 24.6 Å². The van der Waals surface area contributed by atoms with Crippen molar-refractivity contribution in [3.8, 4) is 0 Å². The molecule has 1 heterocycles. The third-order valence-corrected chi connectivity index (χ3v) is 4.09. The van der Waals surface area contributed by atoms with Gasteiger partial charge < -0.3 is 14.7 Å². The van der Waals surface area contributed by atoms with Crippen LogP contribution in [0.4, 0.5) is 0 Å². The summed E-state index contributed by atoms with van der Waals surface area (Å²) < 4.78 is 5.19. The van der Waals surface area contributed by atoms with Crippen molar-refractivity contribution in [1.29, 1.82) is 0 Å². The van der Waals surface area contributed by atoms with E-state index in [-0.39, 0.29) is 19.1 Å². The van der Waals surface area contributed by atoms with Crippen LogP contribution in [0.1, 0.15) is 15.9 Å². The lowest BCUT2D eigenvalue weighted by molar-refractivity contribution is -0.142. The van der Waals surface area contributed by atoms with Crippen molar-refractivity contribution < 1.29 is 19.4 Å². The summed E-state index contributed by atoms with van der Waals surface area (Å²) in [5, 5.41) is 9.66. The number of carboxylic acid groups (broad SMARTS) is 1. The SMILES string of the molecule is Cc1c(Cl)cccc1C(=O)N(C)C1COCC1C(=O)O. The zero-order valence-electron chi connectivity index (χ0n) is 11.3. The fourth-order valence-electron chi connectivity index (χ4n) is 2.34. The number of hydrogen-bond donors (Lipinski definition) is 1. The summed E-state index contributed by atoms with van der Waals surface area (Å²) in [6, 6.07) is 4.65. The van der Waals surface area contributed by atoms with E-state index in [0.29, 0.717) is 16.1 Å². The molecule has 1 aromatic carbocycles. The molecule has 0 aromatic heterocycles. The number of nitrogens with zero attached hydrogens (tertiary/aromatic N) is 1. The minimum absolute atomic E-state index is 0.131. The Hall–Kier alpha value is -1.59. The minimum atomic E-state index is -0.949. The first-order chi connectivity index (χ1) is 9.43. The molecule has 0 spiro atoms. The number of benzene rings is 1. The predicted octanol–water partition coefficient (Wildman–Crippen LogP) is 1.82. The number of carbonyl (C=O) groups is 2. The maximum atomic E-state index is 12.5. The van der Waals surface area contributed by atoms with Crippen LogP contribution in [0.25, 0.3) is 0 Å². The predicted molar refractivity (Wildman–Crippen MR) is 74.0 cm³/mol. The number of hydrogen-bond acceptors (Lipinski definition) is 3. The molecule has 2 unspecified atom stereocenters. The maximum absolute atomic E-state index is 12.5. The minimum Gasteiger partial charge on any atom is -0.481 e. The molecule has 0 saturated carbocycles. The second-order valence-electron chi connectivity index (χ2n) is 4.88. The summed E-state index contributed by atoms with van der Waals surface area (Å²) in [6.07, 6.45) is 0. The van der Waals surface area contributed by atoms with Crippen LogP contribution in [-0.4, -0.2) is 48.2 Å². The summed E-state index contributed by atoms with van der Waals surface area (Å²) in [7, 11) is 1.60. The summed E-state index contributed by atoms with van der Waals surface area (Å²) in [5.74, 6) is -1.88. The van der Waals surface area contributed by atoms with E-state index in [2.05, 4.69) is 0 Å². The first kappa shape index (κ1) is 14.8. The van der Waals surface area contributed by atoms with E-state index < -0.39 is 17.9 Å². The fraction of sp³-hybridized carbons (Fsp3) is 0.429. The van der Waals surface area contributed by atoms with Gasteiger partial charge in [0.05, 0.1) is 19.3 Å². The summed E-state index contributed by atoms with van der Waals surface area (Å²) in [5.41, 5.74) is 1.17. The Labute approximate surface area is 122 Å². The van der Waals surface area contributed by atoms with Crippen molar-refractivity contribution in [1.82, 2.24) is 4.90 Å². The standard InChI is InChI=1S/C14H16ClNO4/c1-8-9(4-3-5-11(8)15)13(17)16(2)12-7-20-6-10(12)14(18)19/h3-5,10,12H,6-7H2,1-2H3,(H,18,19). The van der Waals surface area contributed by atoms with Gasteiger partial charge in [-0.15, -0.1) is 0 Å². The van der Waals surface area contributed by atoms with E-state index in [0.717, 1.165) is 0 Å². The highest BCUT2D eigenvalue weighted by atomic mass is 35.5. The number of likely N-dealkylation sites (N-methyl/N-ethyl adjacent to an activating group) is 1. The van der Waals surface area contributed by atoms with Gasteiger partial charge in [0.2, 0.25) is 0 Å². The van der Waals surface area contributed by atoms with Crippen molar-refractivity contribution >= 4 is 23.5 Å². The molecule has 1 aliphatic heterocycles. The molecule has 0 aliphatic carbocycles. The van der Waals surface area contributed by atoms with Gasteiger partial charge in [0, 0.05) is 17.6 Å². The van der Waals surface area contributed by atoms with Crippen LogP contribution in [0.3, 0.4) is 0 Å². The second-order valence-corrected chi connectivity index (χ2v) is 5.29. The normalized spacial score (nSPS) is 21.8. The first-order valence-corrected chi connectivity index (χ1v) is 6.64. The number of carbonyl (C=O) groups excluding carboxylic acids is 1. The molecule has 1 fully saturated rings. The lowest BCUT2D eigenvalue weighted by Gasteiger charge is -2.27. The Morgan fingerprint density at radius 1 is 1.40 bits per heavy atom. The zero-order valence-corrected chi connectivity index (χ0v) is 12.1. The van der Waals surface area contributed by atoms with Crippen LogP contribution in [0.15, 0.2) is 18.2 Å². The number of ether oxygens (including phenoxy) is 1. The lowest BCUT2D eigenvalue weighted by Crippen LogP contribution is -2.44. The average molecular weight is 298 g/mol. The number of carboxylic acids is 1. The molecule has 2 rings (SSSR count). The highest BCUT2D eigenvalue weighted by Crippen LogP contribution is 2.24. The van der Waals surface area contributed by atoms with Crippen molar-refractivity contribution in [2.24, 2.45) is 5.92 Å². The molecule has 1 aliphatic rings. The van der Waals surface area contributed by atoms with Gasteiger partial charge >= 0.3 is 5.97 Å². The number of rotatable bonds is 3. The highest BCUT2D eigenvalue weighted by Gasteiger charge is 2.38. The first-order valence-electron chi connectivity index (χ1n) is 6.26. The van der Waals surface area contributed by atoms with E-state index in [9.17, 15) is 9.59 Å². The molecule has 6 heteroatoms. The molecular weight excluding hydrogens is 282 g/mol. The molecule has 2 atom stereocenters. The molecule has 1 N–H and O–H groups in total. The van der Waals surface area contributed by atoms with Crippen LogP contribution < -0.4 is 0 Å². The van der Waals surface area contributed by atoms with Crippen molar-refractivity contribution in [2.45, 2.75) is 13.0 Å². The van der Waals surface area contributed by atoms with Crippen molar-refractivity contribution in [3.63, 3.8) is 0 Å². The number of halogens is 1. The second kappa shape index (κ2) is 5.81. The van der Waals surface area contributed by atoms with Gasteiger partial charge in [-0.25, -0.2) is 0 Å². The molecule has 1 aromatic rings. The molecule has 1 saturated heterocycles. The van der Waals surface area contributed by atoms with Crippen LogP contribution in [-0.2, 0) is 9.53 Å². The van der Waals surface area contributed by atoms with Crippen LogP contribution in [0, 0.1) is 12.8 Å². The third kappa shape index (κ3) is 2.64. The monoisotopic (exact) mass is 297 g/mol. The van der Waals surface area contributed by atoms with E-state index in [1.54, 1.807) is 32.2 Å². The Balaban J connectivity index is 2.24. The summed E-state index contributed by atoms with van der Waals surface area (Å²) in [6.45, 7) is 2.13. The van der Waals surface area contributed by atoms with Crippen LogP contribution in [0.2, 0.25) is 5.02 Å². The van der Waals surface area contributed by atoms with E-state index in [1.165, 1.54) is 4.90 Å². The number of aliphatic carboxylic acids is 1. The third-order valence-electron chi connectivity index (χ3n) is 3.68. The van der Waals surface area contributed by atoms with E-state index in [4.69, 9.17) is 21.4 Å². The molecule has 1 amide bonds. The molecule has 0 radical (unpaired) electrons. The molecular formula is C14H16ClNO4. The number of amides is 1. The molecule has 5 nitrogen and oxygen atoms in total. The van der Waals surface area contributed by atoms with Gasteiger partial charge in [0.15, 0.2) is 0 Å². The van der Waals surface area contributed by atoms with Crippen molar-refractivity contribution in [3.05, 3.63) is 34.3 Å². The Kier molecular flexibility index (Phi) is 4.30. The molecule has 0 bridgehead atoms. The van der Waals surface area contributed by atoms with Crippen molar-refractivity contribution in [2.75, 3.05) is 20.3 Å². The molecule has 108 valence electrons. The van der Waals surface area contributed by atoms with Crippen LogP contribution in [0.5, 0.6) is 0 Å². The Morgan fingerprint density at radius 2 is 2.10 bits per heavy atom. The topological polar surface area (TPSA) is 66.8 Å². The Morgan fingerprint density at radius 3 is 2.75 bits per heavy atom. The van der Waals surface area contributed by atoms with Crippen LogP contribution >= 0.6 is 11.6 Å². The van der Waals surface area contributed by atoms with E-state index >= 15 is 0 Å². The Bertz CT molecular complexity index is 546. The van der Waals surface area contributed by atoms with Gasteiger partial charge in [-0.3, -0.25) is 9.59 Å². The lowest BCUT2D eigenvalue weighted by atomic mass is 10.0. The largest absolute Gasteiger partial charge is 0.481 e. The summed E-state index contributed by atoms with van der Waals surface area (Å²) >= 11 is 6.01. The van der Waals surface area contributed by atoms with Gasteiger partial charge in [-0.2, -0.15) is 0 Å². The summed E-state index contributed by atoms with van der Waals surface area (Å²) in [4.78, 5) is 25.1. The zero-order chi connectivity index (χ0) is 14.9. The maximum Gasteiger partial charge on any atom is 0.311 e. The highest BCUT2D eigenvalue weighted by molar-refractivity contribution is 6.31. The average Bonchev–Trinajstić information content (AvgIpc) is 2.89. The quantitative estimate of drug-likeness (QED) is 0.924.